The maximum absolute atomic E-state index is 5.87. The molecule has 0 saturated heterocycles. The fraction of sp³-hybridized carbons (Fsp3) is 0.158. The topological polar surface area (TPSA) is 9.23 Å². The minimum absolute atomic E-state index is 0.0327. The first-order valence-electron chi connectivity index (χ1n) is 14.0. The first-order chi connectivity index (χ1) is 19.1. The van der Waals surface area contributed by atoms with Crippen LogP contribution in [0.2, 0.25) is 0 Å². The van der Waals surface area contributed by atoms with Crippen LogP contribution in [0.1, 0.15) is 38.3 Å². The van der Waals surface area contributed by atoms with Gasteiger partial charge in [-0.05, 0) is 90.7 Å². The highest BCUT2D eigenvalue weighted by atomic mass is 16.5. The largest absolute Gasteiger partial charge is 0.494 e. The minimum Gasteiger partial charge on any atom is -0.494 e. The summed E-state index contributed by atoms with van der Waals surface area (Å²) >= 11 is 0. The zero-order valence-corrected chi connectivity index (χ0v) is 22.8. The molecule has 1 aliphatic rings. The molecular weight excluding hydrogens is 472 g/mol. The van der Waals surface area contributed by atoms with Crippen LogP contribution in [0.25, 0.3) is 54.9 Å². The van der Waals surface area contributed by atoms with Gasteiger partial charge in [0.25, 0.3) is 0 Å². The predicted octanol–water partition coefficient (Wildman–Crippen LogP) is 10.4. The van der Waals surface area contributed by atoms with E-state index in [4.69, 9.17) is 4.74 Å². The molecule has 0 aromatic heterocycles. The van der Waals surface area contributed by atoms with Crippen LogP contribution in [-0.4, -0.2) is 6.61 Å². The molecule has 7 rings (SSSR count). The lowest BCUT2D eigenvalue weighted by atomic mass is 9.80. The van der Waals surface area contributed by atoms with Gasteiger partial charge in [0.05, 0.1) is 6.61 Å². The zero-order chi connectivity index (χ0) is 26.6. The first kappa shape index (κ1) is 23.7. The smallest absolute Gasteiger partial charge is 0.119 e. The lowest BCUT2D eigenvalue weighted by Crippen LogP contribution is -2.14. The average Bonchev–Trinajstić information content (AvgIpc) is 3.21. The molecular formula is C38H32O. The van der Waals surface area contributed by atoms with Crippen LogP contribution in [0.4, 0.5) is 0 Å². The van der Waals surface area contributed by atoms with Gasteiger partial charge < -0.3 is 4.74 Å². The van der Waals surface area contributed by atoms with Crippen molar-refractivity contribution in [3.05, 3.63) is 126 Å². The molecule has 0 N–H and O–H groups in total. The van der Waals surface area contributed by atoms with Crippen molar-refractivity contribution in [2.24, 2.45) is 0 Å². The summed E-state index contributed by atoms with van der Waals surface area (Å²) in [4.78, 5) is 0. The Bertz CT molecular complexity index is 1800. The molecule has 0 heterocycles. The van der Waals surface area contributed by atoms with Gasteiger partial charge in [-0.25, -0.2) is 0 Å². The van der Waals surface area contributed by atoms with Crippen LogP contribution >= 0.6 is 0 Å². The molecule has 0 atom stereocenters. The third kappa shape index (κ3) is 3.68. The number of rotatable bonds is 5. The monoisotopic (exact) mass is 504 g/mol. The van der Waals surface area contributed by atoms with Gasteiger partial charge >= 0.3 is 0 Å². The van der Waals surface area contributed by atoms with Gasteiger partial charge in [-0.2, -0.15) is 0 Å². The summed E-state index contributed by atoms with van der Waals surface area (Å²) < 4.78 is 5.87. The van der Waals surface area contributed by atoms with Gasteiger partial charge in [0.15, 0.2) is 0 Å². The Morgan fingerprint density at radius 3 is 1.67 bits per heavy atom. The second-order valence-corrected chi connectivity index (χ2v) is 11.1. The standard InChI is InChI=1S/C38H32O/c1-4-23-39-27-20-17-25(18-21-27)36-30-12-5-7-14-32(30)37(33-15-8-6-13-31(33)36)26-19-22-29-28-11-9-10-16-34(28)38(2,3)35(29)24-26/h5-22,24H,4,23H2,1-3H3. The highest BCUT2D eigenvalue weighted by molar-refractivity contribution is 6.21. The number of benzene rings is 6. The quantitative estimate of drug-likeness (QED) is 0.212. The van der Waals surface area contributed by atoms with Crippen molar-refractivity contribution in [3.8, 4) is 39.1 Å². The first-order valence-corrected chi connectivity index (χ1v) is 14.0. The van der Waals surface area contributed by atoms with Crippen molar-refractivity contribution in [3.63, 3.8) is 0 Å². The Hall–Kier alpha value is -4.36. The van der Waals surface area contributed by atoms with E-state index >= 15 is 0 Å². The molecule has 6 aromatic rings. The van der Waals surface area contributed by atoms with Crippen LogP contribution in [0, 0.1) is 0 Å². The predicted molar refractivity (Wildman–Crippen MR) is 166 cm³/mol. The second kappa shape index (κ2) is 9.13. The highest BCUT2D eigenvalue weighted by Crippen LogP contribution is 2.51. The van der Waals surface area contributed by atoms with E-state index in [9.17, 15) is 0 Å². The molecule has 1 heteroatoms. The van der Waals surface area contributed by atoms with Crippen LogP contribution < -0.4 is 4.74 Å². The van der Waals surface area contributed by atoms with E-state index in [1.54, 1.807) is 0 Å². The molecule has 0 unspecified atom stereocenters. The van der Waals surface area contributed by atoms with E-state index in [0.29, 0.717) is 0 Å². The summed E-state index contributed by atoms with van der Waals surface area (Å²) in [5.74, 6) is 0.924. The Balaban J connectivity index is 1.47. The Morgan fingerprint density at radius 2 is 1.05 bits per heavy atom. The number of fused-ring (bicyclic) bond motifs is 5. The van der Waals surface area contributed by atoms with Gasteiger partial charge in [-0.15, -0.1) is 0 Å². The fourth-order valence-corrected chi connectivity index (χ4v) is 6.55. The highest BCUT2D eigenvalue weighted by Gasteiger charge is 2.35. The average molecular weight is 505 g/mol. The van der Waals surface area contributed by atoms with E-state index in [1.807, 2.05) is 0 Å². The molecule has 0 radical (unpaired) electrons. The Morgan fingerprint density at radius 1 is 0.538 bits per heavy atom. The molecule has 39 heavy (non-hydrogen) atoms. The number of ether oxygens (including phenoxy) is 1. The molecule has 1 nitrogen and oxygen atoms in total. The Kier molecular flexibility index (Phi) is 5.56. The van der Waals surface area contributed by atoms with Gasteiger partial charge in [0.2, 0.25) is 0 Å². The van der Waals surface area contributed by atoms with E-state index in [0.717, 1.165) is 18.8 Å². The van der Waals surface area contributed by atoms with Crippen molar-refractivity contribution in [2.75, 3.05) is 6.61 Å². The van der Waals surface area contributed by atoms with Crippen molar-refractivity contribution in [1.82, 2.24) is 0 Å². The fourth-order valence-electron chi connectivity index (χ4n) is 6.55. The summed E-state index contributed by atoms with van der Waals surface area (Å²) in [7, 11) is 0. The summed E-state index contributed by atoms with van der Waals surface area (Å²) in [6, 6.07) is 42.3. The lowest BCUT2D eigenvalue weighted by molar-refractivity contribution is 0.317. The third-order valence-electron chi connectivity index (χ3n) is 8.42. The third-order valence-corrected chi connectivity index (χ3v) is 8.42. The summed E-state index contributed by atoms with van der Waals surface area (Å²) in [6.07, 6.45) is 1.00. The molecule has 0 bridgehead atoms. The van der Waals surface area contributed by atoms with E-state index in [-0.39, 0.29) is 5.41 Å². The van der Waals surface area contributed by atoms with Crippen LogP contribution in [0.3, 0.4) is 0 Å². The molecule has 0 saturated carbocycles. The second-order valence-electron chi connectivity index (χ2n) is 11.1. The van der Waals surface area contributed by atoms with Gasteiger partial charge in [-0.3, -0.25) is 0 Å². The van der Waals surface area contributed by atoms with Gasteiger partial charge in [0, 0.05) is 5.41 Å². The maximum atomic E-state index is 5.87. The SMILES string of the molecule is CCCOc1ccc(-c2c3ccccc3c(-c3ccc4c(c3)C(C)(C)c3ccccc3-4)c3ccccc23)cc1. The van der Waals surface area contributed by atoms with E-state index in [1.165, 1.54) is 66.1 Å². The Labute approximate surface area is 230 Å². The molecule has 0 spiro atoms. The van der Waals surface area contributed by atoms with E-state index in [2.05, 4.69) is 136 Å². The molecule has 1 aliphatic carbocycles. The molecule has 0 fully saturated rings. The van der Waals surface area contributed by atoms with E-state index < -0.39 is 0 Å². The molecule has 6 aromatic carbocycles. The lowest BCUT2D eigenvalue weighted by Gasteiger charge is -2.23. The van der Waals surface area contributed by atoms with Gasteiger partial charge in [0.1, 0.15) is 5.75 Å². The van der Waals surface area contributed by atoms with Crippen LogP contribution in [0.5, 0.6) is 5.75 Å². The number of hydrogen-bond donors (Lipinski definition) is 0. The normalized spacial score (nSPS) is 13.4. The summed E-state index contributed by atoms with van der Waals surface area (Å²) in [6.45, 7) is 7.58. The number of hydrogen-bond acceptors (Lipinski definition) is 1. The minimum atomic E-state index is -0.0327. The molecule has 190 valence electrons. The summed E-state index contributed by atoms with van der Waals surface area (Å²) in [5, 5.41) is 5.12. The van der Waals surface area contributed by atoms with Gasteiger partial charge in [-0.1, -0.05) is 118 Å². The van der Waals surface area contributed by atoms with Crippen LogP contribution in [-0.2, 0) is 5.41 Å². The van der Waals surface area contributed by atoms with Crippen molar-refractivity contribution >= 4 is 21.5 Å². The van der Waals surface area contributed by atoms with Crippen molar-refractivity contribution < 1.29 is 4.74 Å². The maximum Gasteiger partial charge on any atom is 0.119 e. The van der Waals surface area contributed by atoms with Crippen molar-refractivity contribution in [2.45, 2.75) is 32.6 Å². The van der Waals surface area contributed by atoms with Crippen LogP contribution in [0.15, 0.2) is 115 Å². The zero-order valence-electron chi connectivity index (χ0n) is 22.8. The summed E-state index contributed by atoms with van der Waals surface area (Å²) in [5.41, 5.74) is 10.6. The molecule has 0 amide bonds. The van der Waals surface area contributed by atoms with Crippen molar-refractivity contribution in [1.29, 1.82) is 0 Å². The molecule has 0 aliphatic heterocycles.